The topological polar surface area (TPSA) is 24.5 Å². The maximum Gasteiger partial charge on any atom is 0.0641 e. The highest BCUT2D eigenvalue weighted by atomic mass is 79.9. The molecule has 0 saturated heterocycles. The van der Waals surface area contributed by atoms with E-state index in [2.05, 4.69) is 51.3 Å². The second kappa shape index (κ2) is 8.01. The number of nitrogens with zero attached hydrogens (tertiary/aromatic N) is 1. The smallest absolute Gasteiger partial charge is 0.0641 e. The van der Waals surface area contributed by atoms with E-state index in [1.165, 1.54) is 28.6 Å². The first kappa shape index (κ1) is 15.8. The van der Waals surface area contributed by atoms with Crippen molar-refractivity contribution < 1.29 is 4.74 Å². The molecule has 1 N–H and O–H groups in total. The van der Waals surface area contributed by atoms with E-state index in [0.29, 0.717) is 0 Å². The van der Waals surface area contributed by atoms with Crippen LogP contribution in [0.25, 0.3) is 0 Å². The molecule has 3 nitrogen and oxygen atoms in total. The fraction of sp³-hybridized carbons (Fsp3) is 0.625. The molecule has 0 amide bonds. The van der Waals surface area contributed by atoms with Gasteiger partial charge in [-0.1, -0.05) is 22.0 Å². The quantitative estimate of drug-likeness (QED) is 0.695. The van der Waals surface area contributed by atoms with Crippen LogP contribution in [-0.2, 0) is 11.3 Å². The van der Waals surface area contributed by atoms with E-state index in [1.807, 2.05) is 6.92 Å². The summed E-state index contributed by atoms with van der Waals surface area (Å²) in [7, 11) is 0. The van der Waals surface area contributed by atoms with E-state index in [0.717, 1.165) is 38.9 Å². The lowest BCUT2D eigenvalue weighted by atomic mass is 10.2. The molecule has 112 valence electrons. The Morgan fingerprint density at radius 2 is 2.15 bits per heavy atom. The van der Waals surface area contributed by atoms with Gasteiger partial charge >= 0.3 is 0 Å². The van der Waals surface area contributed by atoms with Gasteiger partial charge in [-0.25, -0.2) is 0 Å². The maximum atomic E-state index is 5.45. The van der Waals surface area contributed by atoms with Crippen LogP contribution in [0.1, 0.15) is 32.3 Å². The molecular weight excluding hydrogens is 316 g/mol. The van der Waals surface area contributed by atoms with E-state index in [9.17, 15) is 0 Å². The number of benzene rings is 1. The molecule has 0 aliphatic heterocycles. The number of rotatable bonds is 9. The third-order valence-electron chi connectivity index (χ3n) is 3.65. The van der Waals surface area contributed by atoms with Gasteiger partial charge < -0.3 is 15.0 Å². The number of ether oxygens (including phenoxy) is 1. The lowest BCUT2D eigenvalue weighted by molar-refractivity contribution is 0.154. The van der Waals surface area contributed by atoms with Crippen molar-refractivity contribution >= 4 is 21.6 Å². The molecule has 1 aliphatic rings. The van der Waals surface area contributed by atoms with Crippen LogP contribution >= 0.6 is 15.9 Å². The highest BCUT2D eigenvalue weighted by Crippen LogP contribution is 2.26. The lowest BCUT2D eigenvalue weighted by Gasteiger charge is -2.23. The summed E-state index contributed by atoms with van der Waals surface area (Å²) >= 11 is 3.70. The molecule has 1 aliphatic carbocycles. The molecular formula is C16H25BrN2O. The van der Waals surface area contributed by atoms with Gasteiger partial charge in [0.25, 0.3) is 0 Å². The summed E-state index contributed by atoms with van der Waals surface area (Å²) in [5.41, 5.74) is 2.59. The van der Waals surface area contributed by atoms with Gasteiger partial charge in [-0.2, -0.15) is 0 Å². The molecule has 0 unspecified atom stereocenters. The van der Waals surface area contributed by atoms with Crippen molar-refractivity contribution in [3.8, 4) is 0 Å². The van der Waals surface area contributed by atoms with Crippen LogP contribution in [-0.4, -0.2) is 32.3 Å². The summed E-state index contributed by atoms with van der Waals surface area (Å²) in [6.07, 6.45) is 2.66. The van der Waals surface area contributed by atoms with Crippen molar-refractivity contribution in [2.45, 2.75) is 39.3 Å². The number of likely N-dealkylation sites (N-methyl/N-ethyl adjacent to an activating group) is 1. The fourth-order valence-corrected chi connectivity index (χ4v) is 2.71. The van der Waals surface area contributed by atoms with Crippen molar-refractivity contribution in [2.75, 3.05) is 31.2 Å². The molecule has 0 heterocycles. The average Bonchev–Trinajstić information content (AvgIpc) is 3.26. The Bertz CT molecular complexity index is 421. The lowest BCUT2D eigenvalue weighted by Crippen LogP contribution is -2.27. The number of anilines is 1. The van der Waals surface area contributed by atoms with E-state index >= 15 is 0 Å². The van der Waals surface area contributed by atoms with Gasteiger partial charge in [0.05, 0.1) is 6.61 Å². The minimum atomic E-state index is 0.750. The van der Waals surface area contributed by atoms with Crippen molar-refractivity contribution in [2.24, 2.45) is 0 Å². The molecule has 0 bridgehead atoms. The Balaban J connectivity index is 1.94. The first-order valence-corrected chi connectivity index (χ1v) is 8.38. The normalized spacial score (nSPS) is 14.6. The summed E-state index contributed by atoms with van der Waals surface area (Å²) in [6.45, 7) is 8.68. The molecule has 20 heavy (non-hydrogen) atoms. The van der Waals surface area contributed by atoms with Gasteiger partial charge in [0, 0.05) is 42.4 Å². The van der Waals surface area contributed by atoms with Crippen LogP contribution in [0.2, 0.25) is 0 Å². The maximum absolute atomic E-state index is 5.45. The van der Waals surface area contributed by atoms with Gasteiger partial charge in [-0.3, -0.25) is 0 Å². The Morgan fingerprint density at radius 1 is 1.35 bits per heavy atom. The molecule has 1 saturated carbocycles. The number of hydrogen-bond donors (Lipinski definition) is 1. The van der Waals surface area contributed by atoms with Crippen LogP contribution in [0, 0.1) is 0 Å². The predicted molar refractivity (Wildman–Crippen MR) is 88.4 cm³/mol. The second-order valence-corrected chi connectivity index (χ2v) is 6.06. The second-order valence-electron chi connectivity index (χ2n) is 5.21. The Hall–Kier alpha value is -0.580. The predicted octanol–water partition coefficient (Wildman–Crippen LogP) is 3.56. The first-order valence-electron chi connectivity index (χ1n) is 7.59. The van der Waals surface area contributed by atoms with Crippen LogP contribution in [0.4, 0.5) is 5.69 Å². The van der Waals surface area contributed by atoms with Crippen molar-refractivity contribution in [1.82, 2.24) is 5.32 Å². The Labute approximate surface area is 130 Å². The summed E-state index contributed by atoms with van der Waals surface area (Å²) < 4.78 is 6.64. The highest BCUT2D eigenvalue weighted by Gasteiger charge is 2.20. The number of halogens is 1. The van der Waals surface area contributed by atoms with Gasteiger partial charge in [-0.05, 0) is 44.4 Å². The summed E-state index contributed by atoms with van der Waals surface area (Å²) in [6, 6.07) is 7.40. The number of hydrogen-bond acceptors (Lipinski definition) is 3. The molecule has 1 aromatic rings. The molecule has 0 radical (unpaired) electrons. The summed E-state index contributed by atoms with van der Waals surface area (Å²) in [4.78, 5) is 2.35. The van der Waals surface area contributed by atoms with Crippen LogP contribution < -0.4 is 10.2 Å². The zero-order valence-electron chi connectivity index (χ0n) is 12.5. The zero-order valence-corrected chi connectivity index (χ0v) is 14.1. The van der Waals surface area contributed by atoms with Gasteiger partial charge in [0.15, 0.2) is 0 Å². The fourth-order valence-electron chi connectivity index (χ4n) is 2.21. The Morgan fingerprint density at radius 3 is 2.75 bits per heavy atom. The van der Waals surface area contributed by atoms with E-state index in [4.69, 9.17) is 4.74 Å². The third kappa shape index (κ3) is 4.76. The van der Waals surface area contributed by atoms with Gasteiger partial charge in [0.2, 0.25) is 0 Å². The SMILES string of the molecule is CCOCCN(CC)c1ccc(CNC2CC2)c(Br)c1. The largest absolute Gasteiger partial charge is 0.380 e. The molecule has 1 aromatic carbocycles. The third-order valence-corrected chi connectivity index (χ3v) is 4.39. The van der Waals surface area contributed by atoms with Crippen molar-refractivity contribution in [3.63, 3.8) is 0 Å². The van der Waals surface area contributed by atoms with Crippen molar-refractivity contribution in [1.29, 1.82) is 0 Å². The summed E-state index contributed by atoms with van der Waals surface area (Å²) in [5, 5.41) is 3.55. The highest BCUT2D eigenvalue weighted by molar-refractivity contribution is 9.10. The van der Waals surface area contributed by atoms with Gasteiger partial charge in [0.1, 0.15) is 0 Å². The minimum absolute atomic E-state index is 0.750. The van der Waals surface area contributed by atoms with E-state index in [-0.39, 0.29) is 0 Å². The Kier molecular flexibility index (Phi) is 6.33. The van der Waals surface area contributed by atoms with Crippen LogP contribution in [0.5, 0.6) is 0 Å². The first-order chi connectivity index (χ1) is 9.74. The molecule has 0 aromatic heterocycles. The zero-order chi connectivity index (χ0) is 14.4. The number of nitrogens with one attached hydrogen (secondary N) is 1. The molecule has 1 fully saturated rings. The average molecular weight is 341 g/mol. The minimum Gasteiger partial charge on any atom is -0.380 e. The van der Waals surface area contributed by atoms with Crippen LogP contribution in [0.3, 0.4) is 0 Å². The molecule has 2 rings (SSSR count). The standard InChI is InChI=1S/C16H25BrN2O/c1-3-19(9-10-20-4-2)15-8-5-13(16(17)11-15)12-18-14-6-7-14/h5,8,11,14,18H,3-4,6-7,9-10,12H2,1-2H3. The molecule has 4 heteroatoms. The summed E-state index contributed by atoms with van der Waals surface area (Å²) in [5.74, 6) is 0. The molecule has 0 spiro atoms. The van der Waals surface area contributed by atoms with E-state index < -0.39 is 0 Å². The molecule has 0 atom stereocenters. The van der Waals surface area contributed by atoms with Crippen molar-refractivity contribution in [3.05, 3.63) is 28.2 Å². The van der Waals surface area contributed by atoms with Crippen LogP contribution in [0.15, 0.2) is 22.7 Å². The van der Waals surface area contributed by atoms with E-state index in [1.54, 1.807) is 0 Å². The van der Waals surface area contributed by atoms with Gasteiger partial charge in [-0.15, -0.1) is 0 Å². The monoisotopic (exact) mass is 340 g/mol.